The number of fused-ring (bicyclic) bond motifs is 1. The molecule has 1 heterocycles. The lowest BCUT2D eigenvalue weighted by Gasteiger charge is -2.06. The van der Waals surface area contributed by atoms with Crippen LogP contribution >= 0.6 is 0 Å². The second kappa shape index (κ2) is 5.37. The van der Waals surface area contributed by atoms with Gasteiger partial charge < -0.3 is 10.3 Å². The molecule has 0 spiro atoms. The minimum Gasteiger partial charge on any atom is -0.369 e. The van der Waals surface area contributed by atoms with E-state index in [-0.39, 0.29) is 0 Å². The molecule has 0 radical (unpaired) electrons. The van der Waals surface area contributed by atoms with Crippen molar-refractivity contribution in [3.8, 4) is 0 Å². The van der Waals surface area contributed by atoms with Crippen LogP contribution in [0.2, 0.25) is 0 Å². The van der Waals surface area contributed by atoms with Crippen LogP contribution in [0.3, 0.4) is 0 Å². The van der Waals surface area contributed by atoms with E-state index in [0.717, 1.165) is 30.4 Å². The zero-order valence-corrected chi connectivity index (χ0v) is 11.7. The fourth-order valence-electron chi connectivity index (χ4n) is 2.63. The van der Waals surface area contributed by atoms with Crippen LogP contribution in [0.5, 0.6) is 0 Å². The highest BCUT2D eigenvalue weighted by atomic mass is 15.1. The molecule has 0 amide bonds. The fraction of sp³-hybridized carbons (Fsp3) is 0.235. The summed E-state index contributed by atoms with van der Waals surface area (Å²) in [6.45, 7) is 2.98. The fourth-order valence-corrected chi connectivity index (χ4v) is 2.63. The molecule has 0 aliphatic carbocycles. The number of aromatic nitrogens is 2. The molecule has 0 saturated heterocycles. The Balaban J connectivity index is 1.78. The van der Waals surface area contributed by atoms with Crippen molar-refractivity contribution in [1.82, 2.24) is 9.55 Å². The molecule has 2 N–H and O–H groups in total. The first kappa shape index (κ1) is 12.7. The van der Waals surface area contributed by atoms with Crippen molar-refractivity contribution in [2.45, 2.75) is 26.3 Å². The van der Waals surface area contributed by atoms with Crippen molar-refractivity contribution in [2.75, 3.05) is 5.73 Å². The molecule has 0 saturated carbocycles. The average molecular weight is 265 g/mol. The number of benzene rings is 2. The maximum atomic E-state index is 6.05. The third-order valence-electron chi connectivity index (χ3n) is 3.70. The van der Waals surface area contributed by atoms with E-state index in [0.29, 0.717) is 5.95 Å². The first-order chi connectivity index (χ1) is 9.75. The number of anilines is 1. The zero-order valence-electron chi connectivity index (χ0n) is 11.7. The van der Waals surface area contributed by atoms with Gasteiger partial charge in [-0.1, -0.05) is 42.5 Å². The summed E-state index contributed by atoms with van der Waals surface area (Å²) < 4.78 is 2.12. The number of aryl methyl sites for hydroxylation is 3. The standard InChI is InChI=1S/C17H19N3/c1-13-7-5-11-15-16(13)19-17(18)20(15)12-6-10-14-8-3-2-4-9-14/h2-5,7-9,11H,6,10,12H2,1H3,(H2,18,19). The van der Waals surface area contributed by atoms with Crippen LogP contribution in [0.1, 0.15) is 17.5 Å². The number of para-hydroxylation sites is 1. The lowest BCUT2D eigenvalue weighted by Crippen LogP contribution is -2.04. The number of hydrogen-bond donors (Lipinski definition) is 1. The third-order valence-corrected chi connectivity index (χ3v) is 3.70. The van der Waals surface area contributed by atoms with Crippen LogP contribution in [0, 0.1) is 6.92 Å². The van der Waals surface area contributed by atoms with Gasteiger partial charge in [-0.15, -0.1) is 0 Å². The Bertz CT molecular complexity index is 714. The van der Waals surface area contributed by atoms with E-state index >= 15 is 0 Å². The Morgan fingerprint density at radius 1 is 1.05 bits per heavy atom. The van der Waals surface area contributed by atoms with Crippen LogP contribution in [-0.4, -0.2) is 9.55 Å². The van der Waals surface area contributed by atoms with Gasteiger partial charge in [0.15, 0.2) is 0 Å². The number of hydrogen-bond acceptors (Lipinski definition) is 2. The third kappa shape index (κ3) is 2.39. The van der Waals surface area contributed by atoms with Crippen molar-refractivity contribution in [3.05, 3.63) is 59.7 Å². The van der Waals surface area contributed by atoms with Gasteiger partial charge in [0.2, 0.25) is 5.95 Å². The van der Waals surface area contributed by atoms with E-state index in [1.54, 1.807) is 0 Å². The highest BCUT2D eigenvalue weighted by molar-refractivity contribution is 5.81. The molecule has 0 atom stereocenters. The van der Waals surface area contributed by atoms with Gasteiger partial charge in [0, 0.05) is 6.54 Å². The van der Waals surface area contributed by atoms with E-state index in [1.807, 2.05) is 6.07 Å². The minimum absolute atomic E-state index is 0.613. The number of nitrogens with zero attached hydrogens (tertiary/aromatic N) is 2. The molecule has 0 fully saturated rings. The monoisotopic (exact) mass is 265 g/mol. The minimum atomic E-state index is 0.613. The average Bonchev–Trinajstić information content (AvgIpc) is 2.78. The van der Waals surface area contributed by atoms with E-state index in [2.05, 4.69) is 58.9 Å². The molecular weight excluding hydrogens is 246 g/mol. The first-order valence-electron chi connectivity index (χ1n) is 7.01. The SMILES string of the molecule is Cc1cccc2c1nc(N)n2CCCc1ccccc1. The van der Waals surface area contributed by atoms with Gasteiger partial charge in [-0.3, -0.25) is 0 Å². The van der Waals surface area contributed by atoms with E-state index in [1.165, 1.54) is 11.1 Å². The molecule has 3 nitrogen and oxygen atoms in total. The summed E-state index contributed by atoms with van der Waals surface area (Å²) in [6, 6.07) is 16.8. The van der Waals surface area contributed by atoms with Crippen molar-refractivity contribution in [1.29, 1.82) is 0 Å². The van der Waals surface area contributed by atoms with Gasteiger partial charge in [0.05, 0.1) is 11.0 Å². The lowest BCUT2D eigenvalue weighted by atomic mass is 10.1. The summed E-state index contributed by atoms with van der Waals surface area (Å²) in [6.07, 6.45) is 2.12. The van der Waals surface area contributed by atoms with E-state index in [9.17, 15) is 0 Å². The zero-order chi connectivity index (χ0) is 13.9. The maximum Gasteiger partial charge on any atom is 0.201 e. The highest BCUT2D eigenvalue weighted by Crippen LogP contribution is 2.21. The number of rotatable bonds is 4. The molecular formula is C17H19N3. The number of nitrogen functional groups attached to an aromatic ring is 1. The predicted molar refractivity (Wildman–Crippen MR) is 83.6 cm³/mol. The predicted octanol–water partition coefficient (Wildman–Crippen LogP) is 3.56. The van der Waals surface area contributed by atoms with Crippen molar-refractivity contribution in [2.24, 2.45) is 0 Å². The van der Waals surface area contributed by atoms with Crippen molar-refractivity contribution >= 4 is 17.0 Å². The Morgan fingerprint density at radius 2 is 1.85 bits per heavy atom. The van der Waals surface area contributed by atoms with Crippen LogP contribution < -0.4 is 5.73 Å². The topological polar surface area (TPSA) is 43.8 Å². The number of nitrogens with two attached hydrogens (primary N) is 1. The van der Waals surface area contributed by atoms with Gasteiger partial charge in [-0.25, -0.2) is 4.98 Å². The largest absolute Gasteiger partial charge is 0.369 e. The van der Waals surface area contributed by atoms with Crippen LogP contribution in [-0.2, 0) is 13.0 Å². The molecule has 102 valence electrons. The summed E-state index contributed by atoms with van der Waals surface area (Å²) in [5.74, 6) is 0.613. The van der Waals surface area contributed by atoms with Gasteiger partial charge in [0.25, 0.3) is 0 Å². The van der Waals surface area contributed by atoms with Crippen molar-refractivity contribution in [3.63, 3.8) is 0 Å². The molecule has 3 heteroatoms. The highest BCUT2D eigenvalue weighted by Gasteiger charge is 2.09. The maximum absolute atomic E-state index is 6.05. The van der Waals surface area contributed by atoms with Gasteiger partial charge in [0.1, 0.15) is 0 Å². The molecule has 0 aliphatic heterocycles. The Labute approximate surface area is 119 Å². The van der Waals surface area contributed by atoms with Crippen molar-refractivity contribution < 1.29 is 0 Å². The molecule has 3 rings (SSSR count). The van der Waals surface area contributed by atoms with E-state index in [4.69, 9.17) is 5.73 Å². The summed E-state index contributed by atoms with van der Waals surface area (Å²) in [5, 5.41) is 0. The smallest absolute Gasteiger partial charge is 0.201 e. The molecule has 20 heavy (non-hydrogen) atoms. The Hall–Kier alpha value is -2.29. The van der Waals surface area contributed by atoms with Gasteiger partial charge in [-0.05, 0) is 37.0 Å². The van der Waals surface area contributed by atoms with Crippen LogP contribution in [0.25, 0.3) is 11.0 Å². The van der Waals surface area contributed by atoms with Crippen LogP contribution in [0.15, 0.2) is 48.5 Å². The second-order valence-electron chi connectivity index (χ2n) is 5.15. The molecule has 0 aliphatic rings. The second-order valence-corrected chi connectivity index (χ2v) is 5.15. The first-order valence-corrected chi connectivity index (χ1v) is 7.01. The van der Waals surface area contributed by atoms with E-state index < -0.39 is 0 Å². The molecule has 0 bridgehead atoms. The summed E-state index contributed by atoms with van der Waals surface area (Å²) in [5.41, 5.74) is 10.8. The lowest BCUT2D eigenvalue weighted by molar-refractivity contribution is 0.665. The number of imidazole rings is 1. The summed E-state index contributed by atoms with van der Waals surface area (Å²) >= 11 is 0. The quantitative estimate of drug-likeness (QED) is 0.784. The molecule has 0 unspecified atom stereocenters. The Morgan fingerprint density at radius 3 is 2.65 bits per heavy atom. The van der Waals surface area contributed by atoms with Gasteiger partial charge >= 0.3 is 0 Å². The summed E-state index contributed by atoms with van der Waals surface area (Å²) in [4.78, 5) is 4.48. The van der Waals surface area contributed by atoms with Gasteiger partial charge in [-0.2, -0.15) is 0 Å². The Kier molecular flexibility index (Phi) is 3.42. The molecule has 3 aromatic rings. The molecule has 2 aromatic carbocycles. The molecule has 1 aromatic heterocycles. The normalized spacial score (nSPS) is 11.1. The van der Waals surface area contributed by atoms with Crippen LogP contribution in [0.4, 0.5) is 5.95 Å². The summed E-state index contributed by atoms with van der Waals surface area (Å²) in [7, 11) is 0.